The second kappa shape index (κ2) is 9.87. The molecule has 1 N–H and O–H groups in total. The monoisotopic (exact) mass is 553 g/mol. The summed E-state index contributed by atoms with van der Waals surface area (Å²) >= 11 is 0. The zero-order valence-electron chi connectivity index (χ0n) is 22.3. The van der Waals surface area contributed by atoms with Crippen molar-refractivity contribution in [1.29, 1.82) is 0 Å². The number of amides is 1. The molecule has 9 heteroatoms. The predicted molar refractivity (Wildman–Crippen MR) is 142 cm³/mol. The minimum atomic E-state index is -2.98. The fourth-order valence-corrected chi connectivity index (χ4v) is 6.85. The van der Waals surface area contributed by atoms with E-state index < -0.39 is 29.8 Å². The third-order valence-corrected chi connectivity index (χ3v) is 8.78. The number of allylic oxidation sites excluding steroid dienone is 1. The number of hydrogen-bond donors (Lipinski definition) is 1. The van der Waals surface area contributed by atoms with Crippen LogP contribution in [0.4, 0.5) is 17.6 Å². The zero-order chi connectivity index (χ0) is 28.2. The lowest BCUT2D eigenvalue weighted by Gasteiger charge is -2.34. The van der Waals surface area contributed by atoms with Gasteiger partial charge in [-0.05, 0) is 73.6 Å². The van der Waals surface area contributed by atoms with Crippen molar-refractivity contribution in [3.05, 3.63) is 93.8 Å². The Morgan fingerprint density at radius 1 is 1.12 bits per heavy atom. The maximum absolute atomic E-state index is 15.0. The van der Waals surface area contributed by atoms with Crippen LogP contribution >= 0.6 is 0 Å². The number of aromatic nitrogens is 2. The van der Waals surface area contributed by atoms with Gasteiger partial charge in [-0.1, -0.05) is 24.6 Å². The van der Waals surface area contributed by atoms with E-state index in [2.05, 4.69) is 5.10 Å². The Bertz CT molecular complexity index is 1500. The fraction of sp³-hybridized carbons (Fsp3) is 0.419. The van der Waals surface area contributed by atoms with Gasteiger partial charge in [0.2, 0.25) is 0 Å². The van der Waals surface area contributed by atoms with Crippen molar-refractivity contribution in [2.24, 2.45) is 0 Å². The molecule has 1 aromatic heterocycles. The number of halogens is 4. The van der Waals surface area contributed by atoms with E-state index in [4.69, 9.17) is 0 Å². The van der Waals surface area contributed by atoms with Gasteiger partial charge in [0.05, 0.1) is 35.3 Å². The molecule has 2 heterocycles. The SMILES string of the molecule is CC1C2=C(CC[C@@]2(O)CCc2cccc(F)c2C(=O)N2CCCC(F)(F)C2)Cc2c1cnn2-c1ccc(F)cc1. The Kier molecular flexibility index (Phi) is 6.60. The highest BCUT2D eigenvalue weighted by Crippen LogP contribution is 2.50. The number of benzene rings is 2. The van der Waals surface area contributed by atoms with Crippen molar-refractivity contribution in [2.75, 3.05) is 13.1 Å². The van der Waals surface area contributed by atoms with Crippen molar-refractivity contribution < 1.29 is 27.5 Å². The van der Waals surface area contributed by atoms with E-state index >= 15 is 0 Å². The highest BCUT2D eigenvalue weighted by molar-refractivity contribution is 5.96. The van der Waals surface area contributed by atoms with Gasteiger partial charge in [0.1, 0.15) is 11.6 Å². The Morgan fingerprint density at radius 2 is 1.90 bits per heavy atom. The fourth-order valence-electron chi connectivity index (χ4n) is 6.85. The summed E-state index contributed by atoms with van der Waals surface area (Å²) in [6.45, 7) is 1.48. The average Bonchev–Trinajstić information content (AvgIpc) is 3.49. The topological polar surface area (TPSA) is 58.4 Å². The summed E-state index contributed by atoms with van der Waals surface area (Å²) in [5, 5.41) is 16.5. The molecule has 2 aromatic carbocycles. The van der Waals surface area contributed by atoms with Gasteiger partial charge in [0, 0.05) is 30.9 Å². The van der Waals surface area contributed by atoms with Crippen molar-refractivity contribution in [1.82, 2.24) is 14.7 Å². The maximum Gasteiger partial charge on any atom is 0.265 e. The number of aryl methyl sites for hydroxylation is 1. The molecule has 3 aliphatic rings. The molecule has 2 atom stereocenters. The molecule has 0 saturated carbocycles. The smallest absolute Gasteiger partial charge is 0.265 e. The number of nitrogens with zero attached hydrogens (tertiary/aromatic N) is 3. The van der Waals surface area contributed by atoms with Crippen LogP contribution in [0.15, 0.2) is 59.8 Å². The molecule has 1 amide bonds. The number of hydrogen-bond acceptors (Lipinski definition) is 3. The number of piperidine rings is 1. The average molecular weight is 554 g/mol. The van der Waals surface area contributed by atoms with Gasteiger partial charge in [-0.25, -0.2) is 22.2 Å². The summed E-state index contributed by atoms with van der Waals surface area (Å²) in [6.07, 6.45) is 3.99. The number of aliphatic hydroxyl groups is 1. The minimum Gasteiger partial charge on any atom is -0.385 e. The van der Waals surface area contributed by atoms with E-state index in [9.17, 15) is 27.5 Å². The largest absolute Gasteiger partial charge is 0.385 e. The van der Waals surface area contributed by atoms with Crippen molar-refractivity contribution in [3.63, 3.8) is 0 Å². The number of carbonyl (C=O) groups is 1. The first-order valence-corrected chi connectivity index (χ1v) is 13.8. The molecule has 5 nitrogen and oxygen atoms in total. The van der Waals surface area contributed by atoms with Crippen LogP contribution in [-0.2, 0) is 12.8 Å². The lowest BCUT2D eigenvalue weighted by atomic mass is 9.76. The highest BCUT2D eigenvalue weighted by atomic mass is 19.3. The van der Waals surface area contributed by atoms with Gasteiger partial charge >= 0.3 is 0 Å². The lowest BCUT2D eigenvalue weighted by Crippen LogP contribution is -2.46. The van der Waals surface area contributed by atoms with Crippen LogP contribution in [-0.4, -0.2) is 50.3 Å². The van der Waals surface area contributed by atoms with E-state index in [0.29, 0.717) is 24.8 Å². The van der Waals surface area contributed by atoms with Gasteiger partial charge in [-0.2, -0.15) is 5.10 Å². The Labute approximate surface area is 230 Å². The van der Waals surface area contributed by atoms with Crippen molar-refractivity contribution >= 4 is 5.91 Å². The number of rotatable bonds is 5. The minimum absolute atomic E-state index is 0.107. The first kappa shape index (κ1) is 26.7. The molecule has 1 fully saturated rings. The standard InChI is InChI=1S/C31H31F4N3O2/c1-19-24-17-36-38(23-8-6-22(32)7-9-23)26(24)16-21-11-14-30(40,28(19)21)13-10-20-4-2-5-25(33)27(20)29(39)37-15-3-12-31(34,35)18-37/h2,4-9,17,19,40H,3,10-16,18H2,1H3/t19?,30-/m0/s1. The normalized spacial score (nSPS) is 23.8. The second-order valence-corrected chi connectivity index (χ2v) is 11.3. The third kappa shape index (κ3) is 4.64. The summed E-state index contributed by atoms with van der Waals surface area (Å²) in [6, 6.07) is 10.5. The molecule has 3 aromatic rings. The van der Waals surface area contributed by atoms with Gasteiger partial charge in [-0.3, -0.25) is 4.79 Å². The van der Waals surface area contributed by atoms with Crippen LogP contribution in [0.5, 0.6) is 0 Å². The van der Waals surface area contributed by atoms with Gasteiger partial charge in [0.15, 0.2) is 0 Å². The van der Waals surface area contributed by atoms with E-state index in [1.165, 1.54) is 24.3 Å². The molecule has 0 radical (unpaired) electrons. The summed E-state index contributed by atoms with van der Waals surface area (Å²) in [7, 11) is 0. The molecule has 40 heavy (non-hydrogen) atoms. The van der Waals surface area contributed by atoms with E-state index in [-0.39, 0.29) is 49.5 Å². The van der Waals surface area contributed by atoms with Crippen LogP contribution in [0.3, 0.4) is 0 Å². The molecular weight excluding hydrogens is 522 g/mol. The molecule has 1 unspecified atom stereocenters. The van der Waals surface area contributed by atoms with Gasteiger partial charge in [-0.15, -0.1) is 0 Å². The van der Waals surface area contributed by atoms with Crippen LogP contribution in [0.2, 0.25) is 0 Å². The molecule has 0 bridgehead atoms. The van der Waals surface area contributed by atoms with E-state index in [0.717, 1.165) is 33.0 Å². The number of fused-ring (bicyclic) bond motifs is 1. The first-order valence-electron chi connectivity index (χ1n) is 13.8. The Balaban J connectivity index is 1.24. The molecule has 1 saturated heterocycles. The molecule has 210 valence electrons. The van der Waals surface area contributed by atoms with Crippen molar-refractivity contribution in [2.45, 2.75) is 69.3 Å². The summed E-state index contributed by atoms with van der Waals surface area (Å²) in [4.78, 5) is 14.3. The van der Waals surface area contributed by atoms with Crippen LogP contribution in [0.1, 0.15) is 72.1 Å². The van der Waals surface area contributed by atoms with Crippen LogP contribution in [0, 0.1) is 11.6 Å². The number of alkyl halides is 2. The number of carbonyl (C=O) groups excluding carboxylic acids is 1. The van der Waals surface area contributed by atoms with Crippen molar-refractivity contribution in [3.8, 4) is 5.69 Å². The van der Waals surface area contributed by atoms with Gasteiger partial charge < -0.3 is 10.0 Å². The van der Waals surface area contributed by atoms with E-state index in [1.54, 1.807) is 24.4 Å². The van der Waals surface area contributed by atoms with Crippen LogP contribution in [0.25, 0.3) is 5.69 Å². The summed E-state index contributed by atoms with van der Waals surface area (Å²) in [5.41, 5.74) is 3.94. The number of likely N-dealkylation sites (tertiary alicyclic amines) is 1. The molecule has 0 spiro atoms. The van der Waals surface area contributed by atoms with Crippen LogP contribution < -0.4 is 0 Å². The maximum atomic E-state index is 15.0. The molecule has 2 aliphatic carbocycles. The second-order valence-electron chi connectivity index (χ2n) is 11.3. The highest BCUT2D eigenvalue weighted by Gasteiger charge is 2.45. The van der Waals surface area contributed by atoms with E-state index in [1.807, 2.05) is 11.6 Å². The predicted octanol–water partition coefficient (Wildman–Crippen LogP) is 6.14. The Hall–Kier alpha value is -3.46. The molecular formula is C31H31F4N3O2. The molecule has 6 rings (SSSR count). The quantitative estimate of drug-likeness (QED) is 0.305. The zero-order valence-corrected chi connectivity index (χ0v) is 22.3. The molecule has 1 aliphatic heterocycles. The summed E-state index contributed by atoms with van der Waals surface area (Å²) < 4.78 is 58.3. The first-order chi connectivity index (χ1) is 19.1. The Morgan fingerprint density at radius 3 is 2.65 bits per heavy atom. The lowest BCUT2D eigenvalue weighted by molar-refractivity contribution is -0.0561. The van der Waals surface area contributed by atoms with Gasteiger partial charge in [0.25, 0.3) is 11.8 Å². The summed E-state index contributed by atoms with van der Waals surface area (Å²) in [5.74, 6) is -4.87. The third-order valence-electron chi connectivity index (χ3n) is 8.78.